The molecule has 0 aliphatic rings. The van der Waals surface area contributed by atoms with Gasteiger partial charge in [-0.3, -0.25) is 0 Å². The largest absolute Gasteiger partial charge is 0.333 e. The minimum absolute atomic E-state index is 0.138. The van der Waals surface area contributed by atoms with Gasteiger partial charge in [0.2, 0.25) is 0 Å². The molecule has 4 nitrogen and oxygen atoms in total. The smallest absolute Gasteiger partial charge is 0.315 e. The van der Waals surface area contributed by atoms with E-state index in [2.05, 4.69) is 16.7 Å². The Morgan fingerprint density at radius 3 is 2.74 bits per heavy atom. The van der Waals surface area contributed by atoms with Crippen molar-refractivity contribution in [2.75, 3.05) is 0 Å². The maximum absolute atomic E-state index is 11.9. The number of urea groups is 1. The van der Waals surface area contributed by atoms with Gasteiger partial charge in [-0.15, -0.1) is 0 Å². The molecule has 0 aliphatic carbocycles. The summed E-state index contributed by atoms with van der Waals surface area (Å²) in [6.45, 7) is 7.89. The van der Waals surface area contributed by atoms with Gasteiger partial charge < -0.3 is 10.6 Å². The van der Waals surface area contributed by atoms with Crippen LogP contribution in [-0.4, -0.2) is 11.6 Å². The average Bonchev–Trinajstić information content (AvgIpc) is 2.38. The minimum atomic E-state index is -0.224. The second kappa shape index (κ2) is 6.24. The van der Waals surface area contributed by atoms with Crippen molar-refractivity contribution in [3.63, 3.8) is 0 Å². The van der Waals surface area contributed by atoms with Crippen LogP contribution >= 0.6 is 0 Å². The van der Waals surface area contributed by atoms with E-state index in [9.17, 15) is 4.79 Å². The van der Waals surface area contributed by atoms with Gasteiger partial charge >= 0.3 is 6.03 Å². The Bertz CT molecular complexity index is 488. The number of carbonyl (C=O) groups excluding carboxylic acids is 1. The van der Waals surface area contributed by atoms with Gasteiger partial charge in [0, 0.05) is 5.54 Å². The van der Waals surface area contributed by atoms with E-state index < -0.39 is 0 Å². The van der Waals surface area contributed by atoms with Crippen LogP contribution in [0, 0.1) is 11.3 Å². The Morgan fingerprint density at radius 1 is 1.47 bits per heavy atom. The topological polar surface area (TPSA) is 64.9 Å². The molecule has 1 rings (SSSR count). The van der Waals surface area contributed by atoms with E-state index in [-0.39, 0.29) is 17.6 Å². The highest BCUT2D eigenvalue weighted by Crippen LogP contribution is 2.14. The number of nitrogens with zero attached hydrogens (tertiary/aromatic N) is 1. The quantitative estimate of drug-likeness (QED) is 0.872. The molecule has 2 N–H and O–H groups in total. The maximum atomic E-state index is 11.9. The molecule has 0 heterocycles. The van der Waals surface area contributed by atoms with Crippen molar-refractivity contribution < 1.29 is 4.79 Å². The number of rotatable bonds is 4. The molecule has 0 spiro atoms. The molecular weight excluding hydrogens is 238 g/mol. The molecule has 2 amide bonds. The van der Waals surface area contributed by atoms with Crippen molar-refractivity contribution in [3.05, 3.63) is 35.4 Å². The van der Waals surface area contributed by atoms with E-state index >= 15 is 0 Å². The van der Waals surface area contributed by atoms with Crippen LogP contribution in [0.1, 0.15) is 51.3 Å². The Hall–Kier alpha value is -2.02. The normalized spacial score (nSPS) is 12.4. The molecular formula is C15H21N3O. The summed E-state index contributed by atoms with van der Waals surface area (Å²) < 4.78 is 0. The summed E-state index contributed by atoms with van der Waals surface area (Å²) in [5.74, 6) is 0. The van der Waals surface area contributed by atoms with Crippen LogP contribution in [-0.2, 0) is 0 Å². The molecule has 0 saturated carbocycles. The molecule has 0 unspecified atom stereocenters. The van der Waals surface area contributed by atoms with Crippen molar-refractivity contribution in [1.29, 1.82) is 5.26 Å². The number of carbonyl (C=O) groups is 1. The SMILES string of the molecule is CCC(C)(C)NC(=O)N[C@@H](C)c1cccc(C#N)c1. The Morgan fingerprint density at radius 2 is 2.16 bits per heavy atom. The first-order valence-corrected chi connectivity index (χ1v) is 6.46. The van der Waals surface area contributed by atoms with Crippen LogP contribution in [0.5, 0.6) is 0 Å². The van der Waals surface area contributed by atoms with Crippen LogP contribution in [0.15, 0.2) is 24.3 Å². The molecule has 1 aromatic rings. The minimum Gasteiger partial charge on any atom is -0.333 e. The zero-order chi connectivity index (χ0) is 14.5. The third-order valence-electron chi connectivity index (χ3n) is 3.20. The highest BCUT2D eigenvalue weighted by molar-refractivity contribution is 5.75. The third-order valence-corrected chi connectivity index (χ3v) is 3.20. The molecule has 0 bridgehead atoms. The number of hydrogen-bond donors (Lipinski definition) is 2. The molecule has 102 valence electrons. The van der Waals surface area contributed by atoms with Gasteiger partial charge in [0.05, 0.1) is 17.7 Å². The Labute approximate surface area is 114 Å². The molecule has 4 heteroatoms. The number of nitrogens with one attached hydrogen (secondary N) is 2. The van der Waals surface area contributed by atoms with Crippen LogP contribution in [0.3, 0.4) is 0 Å². The summed E-state index contributed by atoms with van der Waals surface area (Å²) >= 11 is 0. The average molecular weight is 259 g/mol. The van der Waals surface area contributed by atoms with E-state index in [0.717, 1.165) is 12.0 Å². The highest BCUT2D eigenvalue weighted by atomic mass is 16.2. The van der Waals surface area contributed by atoms with Gasteiger partial charge in [-0.2, -0.15) is 5.26 Å². The van der Waals surface area contributed by atoms with Gasteiger partial charge in [-0.25, -0.2) is 4.79 Å². The highest BCUT2D eigenvalue weighted by Gasteiger charge is 2.19. The standard InChI is InChI=1S/C15H21N3O/c1-5-15(3,4)18-14(19)17-11(2)13-8-6-7-12(9-13)10-16/h6-9,11H,5H2,1-4H3,(H2,17,18,19)/t11-/m0/s1. The first kappa shape index (κ1) is 15.0. The predicted octanol–water partition coefficient (Wildman–Crippen LogP) is 3.11. The lowest BCUT2D eigenvalue weighted by atomic mass is 10.0. The second-order valence-corrected chi connectivity index (χ2v) is 5.29. The first-order chi connectivity index (χ1) is 8.88. The summed E-state index contributed by atoms with van der Waals surface area (Å²) in [5.41, 5.74) is 1.29. The molecule has 1 atom stereocenters. The zero-order valence-electron chi connectivity index (χ0n) is 11.9. The lowest BCUT2D eigenvalue weighted by molar-refractivity contribution is 0.226. The molecule has 0 fully saturated rings. The van der Waals surface area contributed by atoms with Gasteiger partial charge in [0.25, 0.3) is 0 Å². The van der Waals surface area contributed by atoms with Crippen LogP contribution in [0.2, 0.25) is 0 Å². The molecule has 0 saturated heterocycles. The summed E-state index contributed by atoms with van der Waals surface area (Å²) in [5, 5.41) is 14.7. The van der Waals surface area contributed by atoms with Gasteiger partial charge in [0.1, 0.15) is 0 Å². The fourth-order valence-corrected chi connectivity index (χ4v) is 1.59. The fourth-order valence-electron chi connectivity index (χ4n) is 1.59. The van der Waals surface area contributed by atoms with Crippen LogP contribution in [0.25, 0.3) is 0 Å². The van der Waals surface area contributed by atoms with Crippen molar-refractivity contribution in [3.8, 4) is 6.07 Å². The summed E-state index contributed by atoms with van der Waals surface area (Å²) in [6, 6.07) is 9.02. The molecule has 0 radical (unpaired) electrons. The zero-order valence-corrected chi connectivity index (χ0v) is 11.9. The Balaban J connectivity index is 2.67. The molecule has 19 heavy (non-hydrogen) atoms. The maximum Gasteiger partial charge on any atom is 0.315 e. The van der Waals surface area contributed by atoms with E-state index in [1.165, 1.54) is 0 Å². The van der Waals surface area contributed by atoms with Gasteiger partial charge in [-0.05, 0) is 44.9 Å². The number of hydrogen-bond acceptors (Lipinski definition) is 2. The Kier molecular flexibility index (Phi) is 4.94. The summed E-state index contributed by atoms with van der Waals surface area (Å²) in [7, 11) is 0. The van der Waals surface area contributed by atoms with Crippen molar-refractivity contribution in [2.45, 2.75) is 45.7 Å². The summed E-state index contributed by atoms with van der Waals surface area (Å²) in [6.07, 6.45) is 0.860. The lowest BCUT2D eigenvalue weighted by Gasteiger charge is -2.26. The van der Waals surface area contributed by atoms with Crippen molar-refractivity contribution in [2.24, 2.45) is 0 Å². The van der Waals surface area contributed by atoms with Gasteiger partial charge in [-0.1, -0.05) is 19.1 Å². The lowest BCUT2D eigenvalue weighted by Crippen LogP contribution is -2.48. The molecule has 1 aromatic carbocycles. The first-order valence-electron chi connectivity index (χ1n) is 6.46. The predicted molar refractivity (Wildman–Crippen MR) is 75.6 cm³/mol. The number of benzene rings is 1. The van der Waals surface area contributed by atoms with Crippen LogP contribution < -0.4 is 10.6 Å². The monoisotopic (exact) mass is 259 g/mol. The number of amides is 2. The fraction of sp³-hybridized carbons (Fsp3) is 0.467. The third kappa shape index (κ3) is 4.63. The molecule has 0 aliphatic heterocycles. The van der Waals surface area contributed by atoms with E-state index in [0.29, 0.717) is 5.56 Å². The van der Waals surface area contributed by atoms with Gasteiger partial charge in [0.15, 0.2) is 0 Å². The van der Waals surface area contributed by atoms with Crippen molar-refractivity contribution >= 4 is 6.03 Å². The summed E-state index contributed by atoms with van der Waals surface area (Å²) in [4.78, 5) is 11.9. The van der Waals surface area contributed by atoms with Crippen molar-refractivity contribution in [1.82, 2.24) is 10.6 Å². The van der Waals surface area contributed by atoms with E-state index in [1.54, 1.807) is 12.1 Å². The molecule has 0 aromatic heterocycles. The van der Waals surface area contributed by atoms with E-state index in [1.807, 2.05) is 39.8 Å². The van der Waals surface area contributed by atoms with E-state index in [4.69, 9.17) is 5.26 Å². The second-order valence-electron chi connectivity index (χ2n) is 5.29. The number of nitriles is 1. The van der Waals surface area contributed by atoms with Crippen LogP contribution in [0.4, 0.5) is 4.79 Å².